The van der Waals surface area contributed by atoms with Crippen LogP contribution in [0.1, 0.15) is 27.6 Å². The van der Waals surface area contributed by atoms with Gasteiger partial charge in [-0.25, -0.2) is 9.59 Å². The van der Waals surface area contributed by atoms with Crippen LogP contribution >= 0.6 is 0 Å². The molecule has 3 atom stereocenters. The zero-order valence-electron chi connectivity index (χ0n) is 13.6. The van der Waals surface area contributed by atoms with Crippen molar-refractivity contribution in [2.24, 2.45) is 0 Å². The molecule has 2 rings (SSSR count). The molecule has 130 valence electrons. The van der Waals surface area contributed by atoms with Gasteiger partial charge in [0.1, 0.15) is 0 Å². The highest BCUT2D eigenvalue weighted by Gasteiger charge is 2.33. The van der Waals surface area contributed by atoms with Gasteiger partial charge in [0.15, 0.2) is 18.5 Å². The molecule has 0 aliphatic heterocycles. The average Bonchev–Trinajstić information content (AvgIpc) is 2.65. The molecule has 6 nitrogen and oxygen atoms in total. The van der Waals surface area contributed by atoms with Crippen LogP contribution in [0.15, 0.2) is 60.7 Å². The summed E-state index contributed by atoms with van der Waals surface area (Å²) < 4.78 is 10.3. The third kappa shape index (κ3) is 4.99. The van der Waals surface area contributed by atoms with E-state index in [-0.39, 0.29) is 11.1 Å². The number of aliphatic hydroxyl groups excluding tert-OH is 1. The van der Waals surface area contributed by atoms with Gasteiger partial charge in [0.25, 0.3) is 0 Å². The Morgan fingerprint density at radius 3 is 1.72 bits per heavy atom. The lowest BCUT2D eigenvalue weighted by atomic mass is 10.1. The zero-order chi connectivity index (χ0) is 18.2. The lowest BCUT2D eigenvalue weighted by Gasteiger charge is -2.25. The summed E-state index contributed by atoms with van der Waals surface area (Å²) in [6.07, 6.45) is -3.64. The molecule has 0 radical (unpaired) electrons. The van der Waals surface area contributed by atoms with Crippen molar-refractivity contribution in [2.75, 3.05) is 0 Å². The molecule has 0 unspecified atom stereocenters. The van der Waals surface area contributed by atoms with E-state index in [9.17, 15) is 19.5 Å². The normalized spacial score (nSPS) is 14.0. The maximum atomic E-state index is 12.1. The molecule has 0 amide bonds. The quantitative estimate of drug-likeness (QED) is 0.611. The highest BCUT2D eigenvalue weighted by molar-refractivity contribution is 5.91. The van der Waals surface area contributed by atoms with E-state index in [2.05, 4.69) is 0 Å². The average molecular weight is 342 g/mol. The Balaban J connectivity index is 2.12. The molecule has 0 spiro atoms. The van der Waals surface area contributed by atoms with Crippen LogP contribution in [0.5, 0.6) is 0 Å². The Morgan fingerprint density at radius 2 is 1.32 bits per heavy atom. The van der Waals surface area contributed by atoms with Crippen molar-refractivity contribution in [2.45, 2.75) is 25.2 Å². The topological polar surface area (TPSA) is 89.9 Å². The van der Waals surface area contributed by atoms with Gasteiger partial charge in [-0.15, -0.1) is 0 Å². The number of carbonyl (C=O) groups is 3. The summed E-state index contributed by atoms with van der Waals surface area (Å²) in [5, 5.41) is 9.87. The number of ether oxygens (including phenoxy) is 2. The molecule has 0 aliphatic carbocycles. The van der Waals surface area contributed by atoms with E-state index >= 15 is 0 Å². The summed E-state index contributed by atoms with van der Waals surface area (Å²) in [7, 11) is 0. The van der Waals surface area contributed by atoms with Crippen molar-refractivity contribution in [3.05, 3.63) is 71.8 Å². The van der Waals surface area contributed by atoms with E-state index in [1.807, 2.05) is 0 Å². The molecule has 0 saturated carbocycles. The molecule has 1 N–H and O–H groups in total. The number of aliphatic hydroxyl groups is 1. The molecule has 0 bridgehead atoms. The first-order valence-electron chi connectivity index (χ1n) is 7.68. The molecule has 25 heavy (non-hydrogen) atoms. The van der Waals surface area contributed by atoms with Crippen LogP contribution in [-0.4, -0.2) is 41.6 Å². The monoisotopic (exact) mass is 342 g/mol. The number of rotatable bonds is 7. The number of hydrogen-bond donors (Lipinski definition) is 1. The fourth-order valence-corrected chi connectivity index (χ4v) is 2.14. The molecular formula is C19H18O6. The van der Waals surface area contributed by atoms with Crippen molar-refractivity contribution in [3.63, 3.8) is 0 Å². The smallest absolute Gasteiger partial charge is 0.338 e. The molecule has 0 fully saturated rings. The van der Waals surface area contributed by atoms with Gasteiger partial charge in [-0.1, -0.05) is 36.4 Å². The Morgan fingerprint density at radius 1 is 0.880 bits per heavy atom. The largest absolute Gasteiger partial charge is 0.452 e. The van der Waals surface area contributed by atoms with E-state index in [0.717, 1.165) is 0 Å². The van der Waals surface area contributed by atoms with E-state index < -0.39 is 30.3 Å². The van der Waals surface area contributed by atoms with Gasteiger partial charge in [0, 0.05) is 0 Å². The lowest BCUT2D eigenvalue weighted by molar-refractivity contribution is -0.127. The summed E-state index contributed by atoms with van der Waals surface area (Å²) in [6, 6.07) is 16.2. The molecular weight excluding hydrogens is 324 g/mol. The number of hydrogen-bond acceptors (Lipinski definition) is 6. The summed E-state index contributed by atoms with van der Waals surface area (Å²) >= 11 is 0. The molecule has 6 heteroatoms. The lowest BCUT2D eigenvalue weighted by Crippen LogP contribution is -2.43. The highest BCUT2D eigenvalue weighted by atomic mass is 16.6. The van der Waals surface area contributed by atoms with Crippen LogP contribution < -0.4 is 0 Å². The first-order valence-corrected chi connectivity index (χ1v) is 7.68. The second-order valence-corrected chi connectivity index (χ2v) is 5.35. The van der Waals surface area contributed by atoms with Gasteiger partial charge in [0.05, 0.1) is 17.2 Å². The number of benzene rings is 2. The SMILES string of the molecule is C[C@H](O)[C@H](OC(=O)c1ccccc1)[C@H](C=O)OC(=O)c1ccccc1. The van der Waals surface area contributed by atoms with Gasteiger partial charge in [0.2, 0.25) is 0 Å². The third-order valence-corrected chi connectivity index (χ3v) is 3.44. The van der Waals surface area contributed by atoms with Crippen molar-refractivity contribution < 1.29 is 29.0 Å². The van der Waals surface area contributed by atoms with E-state index in [0.29, 0.717) is 6.29 Å². The molecule has 0 aromatic heterocycles. The predicted octanol–water partition coefficient (Wildman–Crippen LogP) is 2.02. The number of carbonyl (C=O) groups excluding carboxylic acids is 3. The number of esters is 2. The Labute approximate surface area is 145 Å². The van der Waals surface area contributed by atoms with E-state index in [1.165, 1.54) is 31.2 Å². The van der Waals surface area contributed by atoms with E-state index in [1.54, 1.807) is 36.4 Å². The second kappa shape index (κ2) is 8.75. The third-order valence-electron chi connectivity index (χ3n) is 3.44. The molecule has 0 heterocycles. The maximum absolute atomic E-state index is 12.1. The minimum Gasteiger partial charge on any atom is -0.452 e. The van der Waals surface area contributed by atoms with Crippen molar-refractivity contribution >= 4 is 18.2 Å². The molecule has 0 aliphatic rings. The summed E-state index contributed by atoms with van der Waals surface area (Å²) in [6.45, 7) is 1.34. The van der Waals surface area contributed by atoms with Crippen LogP contribution in [0.3, 0.4) is 0 Å². The summed E-state index contributed by atoms with van der Waals surface area (Å²) in [4.78, 5) is 35.6. The fourth-order valence-electron chi connectivity index (χ4n) is 2.14. The van der Waals surface area contributed by atoms with Gasteiger partial charge in [-0.3, -0.25) is 4.79 Å². The van der Waals surface area contributed by atoms with Crippen molar-refractivity contribution in [1.82, 2.24) is 0 Å². The standard InChI is InChI=1S/C19H18O6/c1-13(21)17(25-19(23)15-10-6-3-7-11-15)16(12-20)24-18(22)14-8-4-2-5-9-14/h2-13,16-17,21H,1H3/t13-,16-,17-/m0/s1. The molecule has 2 aromatic rings. The predicted molar refractivity (Wildman–Crippen MR) is 89.0 cm³/mol. The van der Waals surface area contributed by atoms with Gasteiger partial charge < -0.3 is 14.6 Å². The van der Waals surface area contributed by atoms with Crippen LogP contribution in [0, 0.1) is 0 Å². The van der Waals surface area contributed by atoms with Crippen LogP contribution in [0.2, 0.25) is 0 Å². The number of aldehydes is 1. The first kappa shape index (κ1) is 18.4. The van der Waals surface area contributed by atoms with Gasteiger partial charge in [-0.05, 0) is 31.2 Å². The Hall–Kier alpha value is -2.99. The minimum absolute atomic E-state index is 0.244. The van der Waals surface area contributed by atoms with Crippen LogP contribution in [-0.2, 0) is 14.3 Å². The maximum Gasteiger partial charge on any atom is 0.338 e. The Bertz CT molecular complexity index is 711. The van der Waals surface area contributed by atoms with Crippen LogP contribution in [0.25, 0.3) is 0 Å². The summed E-state index contributed by atoms with van der Waals surface area (Å²) in [5.74, 6) is -1.48. The summed E-state index contributed by atoms with van der Waals surface area (Å²) in [5.41, 5.74) is 0.500. The first-order chi connectivity index (χ1) is 12.0. The van der Waals surface area contributed by atoms with Gasteiger partial charge in [-0.2, -0.15) is 0 Å². The van der Waals surface area contributed by atoms with Crippen molar-refractivity contribution in [1.29, 1.82) is 0 Å². The second-order valence-electron chi connectivity index (χ2n) is 5.35. The molecule has 0 saturated heterocycles. The van der Waals surface area contributed by atoms with Crippen molar-refractivity contribution in [3.8, 4) is 0 Å². The van der Waals surface area contributed by atoms with E-state index in [4.69, 9.17) is 9.47 Å². The zero-order valence-corrected chi connectivity index (χ0v) is 13.6. The molecule has 2 aromatic carbocycles. The van der Waals surface area contributed by atoms with Crippen LogP contribution in [0.4, 0.5) is 0 Å². The Kier molecular flexibility index (Phi) is 6.42. The van der Waals surface area contributed by atoms with Gasteiger partial charge >= 0.3 is 11.9 Å². The fraction of sp³-hybridized carbons (Fsp3) is 0.211. The highest BCUT2D eigenvalue weighted by Crippen LogP contribution is 2.14. The minimum atomic E-state index is -1.43.